The fraction of sp³-hybridized carbons (Fsp3) is 0.333. The van der Waals surface area contributed by atoms with Gasteiger partial charge in [-0.3, -0.25) is 4.79 Å². The van der Waals surface area contributed by atoms with Crippen LogP contribution in [0.5, 0.6) is 5.75 Å². The van der Waals surface area contributed by atoms with E-state index < -0.39 is 30.0 Å². The molecular formula is C15H10ClF3N2O4S. The van der Waals surface area contributed by atoms with Crippen LogP contribution in [0.4, 0.5) is 18.0 Å². The maximum absolute atomic E-state index is 14.1. The van der Waals surface area contributed by atoms with Crippen LogP contribution in [0.1, 0.15) is 9.67 Å². The molecule has 2 saturated heterocycles. The fourth-order valence-electron chi connectivity index (χ4n) is 3.07. The van der Waals surface area contributed by atoms with Crippen molar-refractivity contribution in [2.45, 2.75) is 12.2 Å². The van der Waals surface area contributed by atoms with Crippen molar-refractivity contribution in [3.05, 3.63) is 27.8 Å². The van der Waals surface area contributed by atoms with Gasteiger partial charge in [0.1, 0.15) is 28.6 Å². The Morgan fingerprint density at radius 2 is 2.15 bits per heavy atom. The highest BCUT2D eigenvalue weighted by atomic mass is 35.5. The second-order valence-corrected chi connectivity index (χ2v) is 7.41. The maximum Gasteiger partial charge on any atom is 0.407 e. The number of amides is 2. The zero-order valence-corrected chi connectivity index (χ0v) is 14.4. The Bertz CT molecular complexity index is 929. The van der Waals surface area contributed by atoms with E-state index in [0.717, 1.165) is 23.5 Å². The third-order valence-electron chi connectivity index (χ3n) is 4.23. The molecule has 4 rings (SSSR count). The first-order chi connectivity index (χ1) is 12.3. The van der Waals surface area contributed by atoms with Crippen molar-refractivity contribution in [3.63, 3.8) is 0 Å². The number of hydrogen-bond acceptors (Lipinski definition) is 5. The summed E-state index contributed by atoms with van der Waals surface area (Å²) in [5.74, 6) is -1.47. The van der Waals surface area contributed by atoms with Crippen molar-refractivity contribution < 1.29 is 32.2 Å². The van der Waals surface area contributed by atoms with Crippen LogP contribution in [0, 0.1) is 5.82 Å². The minimum absolute atomic E-state index is 0.0194. The fourth-order valence-corrected chi connectivity index (χ4v) is 4.60. The molecule has 0 saturated carbocycles. The van der Waals surface area contributed by atoms with E-state index in [1.165, 1.54) is 4.90 Å². The number of ether oxygens (including phenoxy) is 2. The highest BCUT2D eigenvalue weighted by Gasteiger charge is 2.51. The third kappa shape index (κ3) is 2.64. The van der Waals surface area contributed by atoms with Crippen molar-refractivity contribution in [3.8, 4) is 5.75 Å². The van der Waals surface area contributed by atoms with E-state index in [-0.39, 0.29) is 45.4 Å². The average Bonchev–Trinajstić information content (AvgIpc) is 3.10. The van der Waals surface area contributed by atoms with E-state index >= 15 is 0 Å². The van der Waals surface area contributed by atoms with Gasteiger partial charge in [0.05, 0.1) is 15.1 Å². The first-order valence-electron chi connectivity index (χ1n) is 7.39. The van der Waals surface area contributed by atoms with Gasteiger partial charge in [0.25, 0.3) is 5.91 Å². The number of thiophene rings is 1. The molecule has 6 nitrogen and oxygen atoms in total. The Kier molecular flexibility index (Phi) is 3.92. The van der Waals surface area contributed by atoms with Crippen molar-refractivity contribution in [1.82, 2.24) is 10.2 Å². The highest BCUT2D eigenvalue weighted by Crippen LogP contribution is 2.43. The van der Waals surface area contributed by atoms with Crippen LogP contribution >= 0.6 is 22.9 Å². The Morgan fingerprint density at radius 3 is 2.77 bits per heavy atom. The number of nitrogens with zero attached hydrogens (tertiary/aromatic N) is 1. The van der Waals surface area contributed by atoms with E-state index in [2.05, 4.69) is 10.1 Å². The van der Waals surface area contributed by atoms with Crippen molar-refractivity contribution in [1.29, 1.82) is 0 Å². The smallest absolute Gasteiger partial charge is 0.407 e. The molecule has 1 aromatic heterocycles. The summed E-state index contributed by atoms with van der Waals surface area (Å²) in [6.45, 7) is -2.53. The molecule has 2 aliphatic heterocycles. The normalized spacial score (nSPS) is 18.2. The molecule has 1 N–H and O–H groups in total. The number of carbonyl (C=O) groups excluding carboxylic acids is 2. The molecule has 3 heterocycles. The number of likely N-dealkylation sites (tertiary alicyclic amines) is 1. The van der Waals surface area contributed by atoms with E-state index in [1.54, 1.807) is 0 Å². The van der Waals surface area contributed by atoms with E-state index in [0.29, 0.717) is 0 Å². The second kappa shape index (κ2) is 5.92. The predicted octanol–water partition coefficient (Wildman–Crippen LogP) is 3.23. The lowest BCUT2D eigenvalue weighted by Crippen LogP contribution is -2.69. The molecule has 0 unspecified atom stereocenters. The molecule has 0 aliphatic carbocycles. The van der Waals surface area contributed by atoms with Gasteiger partial charge in [-0.25, -0.2) is 9.18 Å². The number of cyclic esters (lactones) is 1. The molecule has 26 heavy (non-hydrogen) atoms. The maximum atomic E-state index is 14.1. The molecule has 2 amide bonds. The Labute approximate surface area is 153 Å². The van der Waals surface area contributed by atoms with Gasteiger partial charge in [-0.15, -0.1) is 11.3 Å². The first-order valence-corrected chi connectivity index (χ1v) is 8.59. The SMILES string of the molecule is O=C1NC2(CO1)CN(C(=O)c1sc3c(F)ccc(OC(F)F)c3c1Cl)C2. The molecule has 0 bridgehead atoms. The Hall–Kier alpha value is -2.20. The van der Waals surface area contributed by atoms with Crippen LogP contribution in [0.25, 0.3) is 10.1 Å². The van der Waals surface area contributed by atoms with Crippen LogP contribution < -0.4 is 10.1 Å². The minimum atomic E-state index is -3.11. The van der Waals surface area contributed by atoms with Crippen molar-refractivity contribution in [2.75, 3.05) is 19.7 Å². The molecule has 2 aliphatic rings. The largest absolute Gasteiger partial charge is 0.447 e. The number of hydrogen-bond donors (Lipinski definition) is 1. The molecule has 2 aromatic rings. The molecular weight excluding hydrogens is 397 g/mol. The Morgan fingerprint density at radius 1 is 1.42 bits per heavy atom. The number of fused-ring (bicyclic) bond motifs is 1. The quantitative estimate of drug-likeness (QED) is 0.849. The summed E-state index contributed by atoms with van der Waals surface area (Å²) in [6.07, 6.45) is -0.548. The number of carbonyl (C=O) groups is 2. The van der Waals surface area contributed by atoms with Gasteiger partial charge in [-0.1, -0.05) is 11.6 Å². The molecule has 1 spiro atoms. The van der Waals surface area contributed by atoms with Crippen LogP contribution in [0.15, 0.2) is 12.1 Å². The lowest BCUT2D eigenvalue weighted by atomic mass is 9.91. The first kappa shape index (κ1) is 17.2. The molecule has 0 atom stereocenters. The molecule has 1 aromatic carbocycles. The van der Waals surface area contributed by atoms with Crippen LogP contribution in [0.3, 0.4) is 0 Å². The van der Waals surface area contributed by atoms with E-state index in [4.69, 9.17) is 16.3 Å². The average molecular weight is 407 g/mol. The summed E-state index contributed by atoms with van der Waals surface area (Å²) >= 11 is 6.96. The molecule has 138 valence electrons. The van der Waals surface area contributed by atoms with Gasteiger partial charge in [0, 0.05) is 13.1 Å². The summed E-state index contributed by atoms with van der Waals surface area (Å²) in [5, 5.41) is 2.43. The van der Waals surface area contributed by atoms with Gasteiger partial charge in [-0.2, -0.15) is 8.78 Å². The number of rotatable bonds is 3. The standard InChI is InChI=1S/C15H10ClF3N2O4S/c16-9-8-7(25-13(18)19)2-1-6(17)10(8)26-11(9)12(22)21-3-15(4-21)5-24-14(23)20-15/h1-2,13H,3-5H2,(H,20,23). The molecule has 2 fully saturated rings. The van der Waals surface area contributed by atoms with Crippen molar-refractivity contribution >= 4 is 45.0 Å². The number of halogens is 4. The topological polar surface area (TPSA) is 67.9 Å². The molecule has 0 radical (unpaired) electrons. The lowest BCUT2D eigenvalue weighted by molar-refractivity contribution is -0.0488. The van der Waals surface area contributed by atoms with Gasteiger partial charge in [0.15, 0.2) is 0 Å². The predicted molar refractivity (Wildman–Crippen MR) is 86.5 cm³/mol. The monoisotopic (exact) mass is 406 g/mol. The van der Waals surface area contributed by atoms with Gasteiger partial charge < -0.3 is 19.7 Å². The van der Waals surface area contributed by atoms with Crippen molar-refractivity contribution in [2.24, 2.45) is 0 Å². The van der Waals surface area contributed by atoms with E-state index in [9.17, 15) is 22.8 Å². The van der Waals surface area contributed by atoms with Crippen LogP contribution in [0.2, 0.25) is 5.02 Å². The van der Waals surface area contributed by atoms with Gasteiger partial charge in [-0.05, 0) is 12.1 Å². The van der Waals surface area contributed by atoms with E-state index in [1.807, 2.05) is 0 Å². The lowest BCUT2D eigenvalue weighted by Gasteiger charge is -2.45. The van der Waals surface area contributed by atoms with Crippen LogP contribution in [-0.2, 0) is 4.74 Å². The van der Waals surface area contributed by atoms with Gasteiger partial charge in [0.2, 0.25) is 0 Å². The third-order valence-corrected chi connectivity index (χ3v) is 5.90. The highest BCUT2D eigenvalue weighted by molar-refractivity contribution is 7.21. The zero-order valence-electron chi connectivity index (χ0n) is 12.9. The van der Waals surface area contributed by atoms with Crippen LogP contribution in [-0.4, -0.2) is 48.7 Å². The summed E-state index contributed by atoms with van der Waals surface area (Å²) < 4.78 is 48.4. The summed E-state index contributed by atoms with van der Waals surface area (Å²) in [5.41, 5.74) is -0.620. The zero-order chi connectivity index (χ0) is 18.6. The summed E-state index contributed by atoms with van der Waals surface area (Å²) in [7, 11) is 0. The summed E-state index contributed by atoms with van der Waals surface area (Å²) in [6, 6.07) is 2.02. The second-order valence-electron chi connectivity index (χ2n) is 6.02. The number of nitrogens with one attached hydrogen (secondary N) is 1. The molecule has 11 heteroatoms. The number of alkyl halides is 2. The Balaban J connectivity index is 1.65. The van der Waals surface area contributed by atoms with Gasteiger partial charge >= 0.3 is 12.7 Å². The number of alkyl carbamates (subject to hydrolysis) is 1. The summed E-state index contributed by atoms with van der Waals surface area (Å²) in [4.78, 5) is 25.3. The number of benzene rings is 1. The minimum Gasteiger partial charge on any atom is -0.447 e.